The number of nitrogens with one attached hydrogen (secondary N) is 2. The molecule has 3 aromatic rings. The molecule has 2 heterocycles. The Balaban J connectivity index is 1.90. The highest BCUT2D eigenvalue weighted by Gasteiger charge is 2.00. The second kappa shape index (κ2) is 4.25. The molecule has 0 aliphatic heterocycles. The van der Waals surface area contributed by atoms with Crippen LogP contribution in [-0.2, 0) is 6.54 Å². The summed E-state index contributed by atoms with van der Waals surface area (Å²) in [5, 5.41) is 5.68. The zero-order valence-electron chi connectivity index (χ0n) is 9.22. The Morgan fingerprint density at radius 1 is 1.18 bits per heavy atom. The molecule has 0 bridgehead atoms. The maximum absolute atomic E-state index is 4.18. The Kier molecular flexibility index (Phi) is 2.46. The summed E-state index contributed by atoms with van der Waals surface area (Å²) in [5.74, 6) is 0.927. The number of H-pyrrole nitrogens is 1. The van der Waals surface area contributed by atoms with Crippen molar-refractivity contribution in [1.29, 1.82) is 0 Å². The van der Waals surface area contributed by atoms with Gasteiger partial charge in [-0.05, 0) is 12.1 Å². The van der Waals surface area contributed by atoms with Gasteiger partial charge in [-0.25, -0.2) is 4.98 Å². The van der Waals surface area contributed by atoms with Gasteiger partial charge in [-0.3, -0.25) is 4.98 Å². The number of rotatable bonds is 3. The van der Waals surface area contributed by atoms with Crippen LogP contribution in [0.2, 0.25) is 0 Å². The van der Waals surface area contributed by atoms with Gasteiger partial charge in [0, 0.05) is 41.2 Å². The Morgan fingerprint density at radius 2 is 2.18 bits per heavy atom. The predicted octanol–water partition coefficient (Wildman–Crippen LogP) is 2.57. The van der Waals surface area contributed by atoms with E-state index in [1.54, 1.807) is 12.4 Å². The summed E-state index contributed by atoms with van der Waals surface area (Å²) in [6.45, 7) is 0.689. The molecule has 0 saturated heterocycles. The van der Waals surface area contributed by atoms with Gasteiger partial charge in [0.15, 0.2) is 0 Å². The van der Waals surface area contributed by atoms with Crippen LogP contribution in [-0.4, -0.2) is 15.0 Å². The van der Waals surface area contributed by atoms with Crippen molar-refractivity contribution in [1.82, 2.24) is 15.0 Å². The minimum Gasteiger partial charge on any atom is -0.377 e. The predicted molar refractivity (Wildman–Crippen MR) is 67.7 cm³/mol. The van der Waals surface area contributed by atoms with E-state index in [2.05, 4.69) is 32.4 Å². The minimum atomic E-state index is 0.689. The maximum Gasteiger partial charge on any atom is 0.125 e. The van der Waals surface area contributed by atoms with E-state index >= 15 is 0 Å². The fourth-order valence-electron chi connectivity index (χ4n) is 1.85. The first kappa shape index (κ1) is 9.84. The highest BCUT2D eigenvalue weighted by molar-refractivity contribution is 5.93. The van der Waals surface area contributed by atoms with Crippen molar-refractivity contribution < 1.29 is 0 Å². The van der Waals surface area contributed by atoms with Gasteiger partial charge in [0.1, 0.15) is 5.82 Å². The van der Waals surface area contributed by atoms with Gasteiger partial charge in [0.2, 0.25) is 0 Å². The lowest BCUT2D eigenvalue weighted by molar-refractivity contribution is 1.00. The van der Waals surface area contributed by atoms with Crippen molar-refractivity contribution in [2.45, 2.75) is 6.54 Å². The molecule has 1 aromatic carbocycles. The van der Waals surface area contributed by atoms with Gasteiger partial charge >= 0.3 is 0 Å². The number of imidazole rings is 1. The maximum atomic E-state index is 4.18. The number of aromatic nitrogens is 3. The number of fused-ring (bicyclic) bond motifs is 1. The first-order valence-corrected chi connectivity index (χ1v) is 5.48. The summed E-state index contributed by atoms with van der Waals surface area (Å²) < 4.78 is 0. The molecule has 0 aliphatic rings. The standard InChI is InChI=1S/C13H12N4/c1-2-10-8-14-5-4-11(10)12(3-1)17-9-13-15-6-7-16-13/h1-8,17H,9H2,(H,15,16). The quantitative estimate of drug-likeness (QED) is 0.719. The Hall–Kier alpha value is -2.36. The van der Waals surface area contributed by atoms with Crippen LogP contribution in [0.5, 0.6) is 0 Å². The van der Waals surface area contributed by atoms with Crippen LogP contribution in [0.15, 0.2) is 49.1 Å². The molecule has 0 unspecified atom stereocenters. The molecular formula is C13H12N4. The van der Waals surface area contributed by atoms with Crippen LogP contribution in [0.3, 0.4) is 0 Å². The number of hydrogen-bond acceptors (Lipinski definition) is 3. The molecular weight excluding hydrogens is 212 g/mol. The van der Waals surface area contributed by atoms with Crippen LogP contribution in [0.25, 0.3) is 10.8 Å². The molecule has 0 atom stereocenters. The topological polar surface area (TPSA) is 53.6 Å². The second-order valence-electron chi connectivity index (χ2n) is 3.79. The molecule has 0 radical (unpaired) electrons. The molecule has 2 aromatic heterocycles. The average molecular weight is 224 g/mol. The number of benzene rings is 1. The second-order valence-corrected chi connectivity index (χ2v) is 3.79. The third-order valence-electron chi connectivity index (χ3n) is 2.68. The molecule has 17 heavy (non-hydrogen) atoms. The largest absolute Gasteiger partial charge is 0.377 e. The lowest BCUT2D eigenvalue weighted by Gasteiger charge is -2.07. The first-order chi connectivity index (χ1) is 8.43. The third-order valence-corrected chi connectivity index (χ3v) is 2.68. The Morgan fingerprint density at radius 3 is 3.06 bits per heavy atom. The third kappa shape index (κ3) is 1.97. The lowest BCUT2D eigenvalue weighted by atomic mass is 10.1. The molecule has 84 valence electrons. The summed E-state index contributed by atoms with van der Waals surface area (Å²) in [5.41, 5.74) is 1.10. The van der Waals surface area contributed by atoms with Gasteiger partial charge in [0.25, 0.3) is 0 Å². The Bertz CT molecular complexity index is 611. The van der Waals surface area contributed by atoms with Crippen LogP contribution in [0, 0.1) is 0 Å². The van der Waals surface area contributed by atoms with E-state index in [4.69, 9.17) is 0 Å². The number of hydrogen-bond donors (Lipinski definition) is 2. The number of nitrogens with zero attached hydrogens (tertiary/aromatic N) is 2. The van der Waals surface area contributed by atoms with Crippen molar-refractivity contribution in [2.75, 3.05) is 5.32 Å². The van der Waals surface area contributed by atoms with Crippen molar-refractivity contribution in [3.63, 3.8) is 0 Å². The summed E-state index contributed by atoms with van der Waals surface area (Å²) >= 11 is 0. The monoisotopic (exact) mass is 224 g/mol. The van der Waals surface area contributed by atoms with Gasteiger partial charge in [0.05, 0.1) is 6.54 Å². The molecule has 4 heteroatoms. The highest BCUT2D eigenvalue weighted by Crippen LogP contribution is 2.22. The van der Waals surface area contributed by atoms with Crippen LogP contribution < -0.4 is 5.32 Å². The molecule has 0 fully saturated rings. The highest BCUT2D eigenvalue weighted by atomic mass is 15.0. The zero-order chi connectivity index (χ0) is 11.5. The Labute approximate surface area is 98.7 Å². The van der Waals surface area contributed by atoms with Crippen LogP contribution in [0.1, 0.15) is 5.82 Å². The van der Waals surface area contributed by atoms with Crippen molar-refractivity contribution in [3.05, 3.63) is 54.9 Å². The van der Waals surface area contributed by atoms with Crippen LogP contribution in [0.4, 0.5) is 5.69 Å². The summed E-state index contributed by atoms with van der Waals surface area (Å²) in [4.78, 5) is 11.4. The molecule has 0 amide bonds. The molecule has 4 nitrogen and oxygen atoms in total. The van der Waals surface area contributed by atoms with Crippen molar-refractivity contribution in [2.24, 2.45) is 0 Å². The summed E-state index contributed by atoms with van der Waals surface area (Å²) in [6, 6.07) is 8.15. The van der Waals surface area contributed by atoms with E-state index in [1.807, 2.05) is 24.5 Å². The van der Waals surface area contributed by atoms with Gasteiger partial charge < -0.3 is 10.3 Å². The average Bonchev–Trinajstić information content (AvgIpc) is 2.89. The van der Waals surface area contributed by atoms with Crippen LogP contribution >= 0.6 is 0 Å². The normalized spacial score (nSPS) is 10.6. The molecule has 0 aliphatic carbocycles. The van der Waals surface area contributed by atoms with Crippen molar-refractivity contribution >= 4 is 16.5 Å². The molecule has 0 saturated carbocycles. The number of anilines is 1. The van der Waals surface area contributed by atoms with Gasteiger partial charge in [-0.1, -0.05) is 12.1 Å². The van der Waals surface area contributed by atoms with E-state index in [0.29, 0.717) is 6.54 Å². The molecule has 0 spiro atoms. The fraction of sp³-hybridized carbons (Fsp3) is 0.0769. The molecule has 2 N–H and O–H groups in total. The van der Waals surface area contributed by atoms with Crippen molar-refractivity contribution in [3.8, 4) is 0 Å². The SMILES string of the molecule is c1cc(NCc2ncc[nH]2)c2ccncc2c1. The van der Waals surface area contributed by atoms with E-state index in [9.17, 15) is 0 Å². The van der Waals surface area contributed by atoms with E-state index in [-0.39, 0.29) is 0 Å². The smallest absolute Gasteiger partial charge is 0.125 e. The summed E-state index contributed by atoms with van der Waals surface area (Å²) in [6.07, 6.45) is 7.25. The van der Waals surface area contributed by atoms with Gasteiger partial charge in [-0.2, -0.15) is 0 Å². The first-order valence-electron chi connectivity index (χ1n) is 5.48. The molecule has 3 rings (SSSR count). The van der Waals surface area contributed by atoms with E-state index in [1.165, 1.54) is 5.39 Å². The van der Waals surface area contributed by atoms with E-state index in [0.717, 1.165) is 16.9 Å². The van der Waals surface area contributed by atoms with Gasteiger partial charge in [-0.15, -0.1) is 0 Å². The number of pyridine rings is 1. The lowest BCUT2D eigenvalue weighted by Crippen LogP contribution is -2.01. The zero-order valence-corrected chi connectivity index (χ0v) is 9.22. The fourth-order valence-corrected chi connectivity index (χ4v) is 1.85. The number of aromatic amines is 1. The summed E-state index contributed by atoms with van der Waals surface area (Å²) in [7, 11) is 0. The van der Waals surface area contributed by atoms with E-state index < -0.39 is 0 Å². The minimum absolute atomic E-state index is 0.689.